The van der Waals surface area contributed by atoms with Gasteiger partial charge < -0.3 is 14.3 Å². The molecule has 0 aromatic carbocycles. The highest BCUT2D eigenvalue weighted by Crippen LogP contribution is 2.28. The van der Waals surface area contributed by atoms with Crippen molar-refractivity contribution in [2.75, 3.05) is 0 Å². The van der Waals surface area contributed by atoms with Crippen LogP contribution in [0.5, 0.6) is 0 Å². The Morgan fingerprint density at radius 2 is 2.07 bits per heavy atom. The van der Waals surface area contributed by atoms with Crippen molar-refractivity contribution in [3.05, 3.63) is 58.5 Å². The molecule has 0 bridgehead atoms. The van der Waals surface area contributed by atoms with Gasteiger partial charge in [-0.1, -0.05) is 0 Å². The second-order valence-corrected chi connectivity index (χ2v) is 6.57. The predicted molar refractivity (Wildman–Crippen MR) is 100 cm³/mol. The van der Waals surface area contributed by atoms with Crippen molar-refractivity contribution >= 4 is 27.9 Å². The summed E-state index contributed by atoms with van der Waals surface area (Å²) in [6.45, 7) is 3.57. The molecule has 4 heterocycles. The Hall–Kier alpha value is -3.42. The van der Waals surface area contributed by atoms with Gasteiger partial charge in [0.2, 0.25) is 5.91 Å². The summed E-state index contributed by atoms with van der Waals surface area (Å²) in [5, 5.41) is 7.68. The second kappa shape index (κ2) is 6.39. The quantitative estimate of drug-likeness (QED) is 0.597. The van der Waals surface area contributed by atoms with Gasteiger partial charge in [0.25, 0.3) is 5.56 Å². The van der Waals surface area contributed by atoms with E-state index in [2.05, 4.69) is 15.4 Å². The molecule has 4 aromatic rings. The monoisotopic (exact) mass is 365 g/mol. The normalized spacial score (nSPS) is 12.6. The fourth-order valence-electron chi connectivity index (χ4n) is 3.30. The summed E-state index contributed by atoms with van der Waals surface area (Å²) in [5.41, 5.74) is 2.54. The number of furan rings is 1. The van der Waals surface area contributed by atoms with E-state index in [1.807, 2.05) is 32.0 Å². The van der Waals surface area contributed by atoms with Gasteiger partial charge in [0.1, 0.15) is 17.8 Å². The fourth-order valence-corrected chi connectivity index (χ4v) is 3.30. The zero-order valence-electron chi connectivity index (χ0n) is 15.3. The van der Waals surface area contributed by atoms with E-state index in [-0.39, 0.29) is 24.1 Å². The maximum atomic E-state index is 12.8. The zero-order valence-corrected chi connectivity index (χ0v) is 15.3. The number of pyridine rings is 1. The van der Waals surface area contributed by atoms with E-state index >= 15 is 0 Å². The van der Waals surface area contributed by atoms with Crippen molar-refractivity contribution < 1.29 is 9.21 Å². The smallest absolute Gasteiger partial charge is 0.291 e. The lowest BCUT2D eigenvalue weighted by Gasteiger charge is -2.14. The third-order valence-corrected chi connectivity index (χ3v) is 4.67. The molecule has 0 unspecified atom stereocenters. The van der Waals surface area contributed by atoms with Crippen LogP contribution in [0, 0.1) is 6.92 Å². The van der Waals surface area contributed by atoms with E-state index in [1.165, 1.54) is 4.68 Å². The number of aromatic nitrogens is 4. The summed E-state index contributed by atoms with van der Waals surface area (Å²) in [5.74, 6) is 0.480. The van der Waals surface area contributed by atoms with Gasteiger partial charge in [-0.15, -0.1) is 0 Å². The van der Waals surface area contributed by atoms with Crippen molar-refractivity contribution in [2.45, 2.75) is 26.4 Å². The Morgan fingerprint density at radius 1 is 1.33 bits per heavy atom. The Morgan fingerprint density at radius 3 is 2.81 bits per heavy atom. The van der Waals surface area contributed by atoms with E-state index < -0.39 is 0 Å². The maximum Gasteiger partial charge on any atom is 0.291 e. The molecule has 8 nitrogen and oxygen atoms in total. The van der Waals surface area contributed by atoms with Gasteiger partial charge in [0, 0.05) is 25.5 Å². The molecule has 4 aromatic heterocycles. The van der Waals surface area contributed by atoms with Gasteiger partial charge in [0.05, 0.1) is 23.1 Å². The van der Waals surface area contributed by atoms with Crippen LogP contribution >= 0.6 is 0 Å². The van der Waals surface area contributed by atoms with Gasteiger partial charge in [-0.25, -0.2) is 4.68 Å². The SMILES string of the molecule is Cc1cc2c(o1)c1cnn(CC(=O)N[C@@H](C)c3ccncc3)c(=O)c1n2C. The molecule has 8 heteroatoms. The van der Waals surface area contributed by atoms with Crippen LogP contribution in [-0.4, -0.2) is 25.2 Å². The third-order valence-electron chi connectivity index (χ3n) is 4.67. The lowest BCUT2D eigenvalue weighted by molar-refractivity contribution is -0.122. The van der Waals surface area contributed by atoms with Gasteiger partial charge in [0.15, 0.2) is 5.58 Å². The molecule has 1 N–H and O–H groups in total. The maximum absolute atomic E-state index is 12.8. The number of aryl methyl sites for hydroxylation is 2. The minimum atomic E-state index is -0.328. The Balaban J connectivity index is 1.62. The van der Waals surface area contributed by atoms with Crippen molar-refractivity contribution in [1.82, 2.24) is 24.6 Å². The molecule has 0 aliphatic rings. The first kappa shape index (κ1) is 17.0. The second-order valence-electron chi connectivity index (χ2n) is 6.57. The first-order chi connectivity index (χ1) is 13.0. The first-order valence-electron chi connectivity index (χ1n) is 8.59. The number of carbonyl (C=O) groups excluding carboxylic acids is 1. The van der Waals surface area contributed by atoms with E-state index in [0.717, 1.165) is 16.8 Å². The van der Waals surface area contributed by atoms with Gasteiger partial charge in [-0.3, -0.25) is 14.6 Å². The topological polar surface area (TPSA) is 95.0 Å². The summed E-state index contributed by atoms with van der Waals surface area (Å²) in [7, 11) is 1.80. The average Bonchev–Trinajstić information content (AvgIpc) is 3.15. The van der Waals surface area contributed by atoms with Crippen molar-refractivity contribution in [2.24, 2.45) is 7.05 Å². The van der Waals surface area contributed by atoms with Crippen LogP contribution < -0.4 is 10.9 Å². The Labute approximate surface area is 154 Å². The van der Waals surface area contributed by atoms with Crippen LogP contribution in [0.4, 0.5) is 0 Å². The largest absolute Gasteiger partial charge is 0.459 e. The highest BCUT2D eigenvalue weighted by molar-refractivity contribution is 6.04. The number of fused-ring (bicyclic) bond motifs is 3. The number of hydrogen-bond donors (Lipinski definition) is 1. The third kappa shape index (κ3) is 2.88. The van der Waals surface area contributed by atoms with Crippen LogP contribution in [0.3, 0.4) is 0 Å². The number of hydrogen-bond acceptors (Lipinski definition) is 5. The lowest BCUT2D eigenvalue weighted by atomic mass is 10.1. The molecule has 0 saturated carbocycles. The Bertz CT molecular complexity index is 1200. The predicted octanol–water partition coefficient (Wildman–Crippen LogP) is 2.06. The van der Waals surface area contributed by atoms with E-state index in [9.17, 15) is 9.59 Å². The number of nitrogens with zero attached hydrogens (tertiary/aromatic N) is 4. The van der Waals surface area contributed by atoms with E-state index in [0.29, 0.717) is 16.5 Å². The summed E-state index contributed by atoms with van der Waals surface area (Å²) >= 11 is 0. The Kier molecular flexibility index (Phi) is 4.02. The standard InChI is InChI=1S/C19H19N5O3/c1-11-8-15-18(27-11)14-9-21-24(19(26)17(14)23(15)3)10-16(25)22-12(2)13-4-6-20-7-5-13/h4-9,12H,10H2,1-3H3,(H,22,25)/t12-/m0/s1. The molecule has 0 fully saturated rings. The van der Waals surface area contributed by atoms with Crippen LogP contribution in [0.15, 0.2) is 46.0 Å². The molecule has 0 saturated heterocycles. The number of carbonyl (C=O) groups is 1. The van der Waals surface area contributed by atoms with Gasteiger partial charge in [-0.2, -0.15) is 5.10 Å². The lowest BCUT2D eigenvalue weighted by Crippen LogP contribution is -2.35. The minimum absolute atomic E-state index is 0.157. The summed E-state index contributed by atoms with van der Waals surface area (Å²) in [6.07, 6.45) is 4.91. The molecule has 0 radical (unpaired) electrons. The van der Waals surface area contributed by atoms with Crippen LogP contribution in [0.2, 0.25) is 0 Å². The molecule has 0 spiro atoms. The van der Waals surface area contributed by atoms with E-state index in [4.69, 9.17) is 4.42 Å². The molecule has 1 amide bonds. The molecule has 138 valence electrons. The van der Waals surface area contributed by atoms with E-state index in [1.54, 1.807) is 30.2 Å². The fraction of sp³-hybridized carbons (Fsp3) is 0.263. The highest BCUT2D eigenvalue weighted by atomic mass is 16.3. The molecule has 0 aliphatic heterocycles. The van der Waals surface area contributed by atoms with Crippen LogP contribution in [0.25, 0.3) is 22.0 Å². The van der Waals surface area contributed by atoms with Crippen LogP contribution in [0.1, 0.15) is 24.3 Å². The van der Waals surface area contributed by atoms with Gasteiger partial charge in [-0.05, 0) is 31.5 Å². The summed E-state index contributed by atoms with van der Waals surface area (Å²) in [6, 6.07) is 5.35. The summed E-state index contributed by atoms with van der Waals surface area (Å²) < 4.78 is 8.63. The zero-order chi connectivity index (χ0) is 19.1. The van der Waals surface area contributed by atoms with Crippen molar-refractivity contribution in [3.8, 4) is 0 Å². The molecule has 1 atom stereocenters. The summed E-state index contributed by atoms with van der Waals surface area (Å²) in [4.78, 5) is 29.2. The number of amides is 1. The average molecular weight is 365 g/mol. The number of nitrogens with one attached hydrogen (secondary N) is 1. The first-order valence-corrected chi connectivity index (χ1v) is 8.59. The minimum Gasteiger partial charge on any atom is -0.459 e. The number of rotatable bonds is 4. The van der Waals surface area contributed by atoms with Crippen LogP contribution in [-0.2, 0) is 18.4 Å². The van der Waals surface area contributed by atoms with Gasteiger partial charge >= 0.3 is 0 Å². The van der Waals surface area contributed by atoms with Crippen molar-refractivity contribution in [3.63, 3.8) is 0 Å². The molecule has 27 heavy (non-hydrogen) atoms. The molecule has 0 aliphatic carbocycles. The van der Waals surface area contributed by atoms with Crippen molar-refractivity contribution in [1.29, 1.82) is 0 Å². The molecular formula is C19H19N5O3. The molecule has 4 rings (SSSR count). The highest BCUT2D eigenvalue weighted by Gasteiger charge is 2.18. The molecular weight excluding hydrogens is 346 g/mol.